The number of carbonyl (C=O) groups is 3. The lowest BCUT2D eigenvalue weighted by atomic mass is 9.99. The van der Waals surface area contributed by atoms with Crippen molar-refractivity contribution in [3.63, 3.8) is 0 Å². The Morgan fingerprint density at radius 1 is 1.10 bits per heavy atom. The summed E-state index contributed by atoms with van der Waals surface area (Å²) < 4.78 is 32.2. The zero-order valence-electron chi connectivity index (χ0n) is 22.8. The van der Waals surface area contributed by atoms with Crippen LogP contribution in [0.5, 0.6) is 11.5 Å². The summed E-state index contributed by atoms with van der Waals surface area (Å²) in [6.07, 6.45) is 1.52. The van der Waals surface area contributed by atoms with E-state index in [0.717, 1.165) is 12.8 Å². The van der Waals surface area contributed by atoms with Crippen molar-refractivity contribution in [2.24, 2.45) is 0 Å². The third-order valence-electron chi connectivity index (χ3n) is 7.32. The van der Waals surface area contributed by atoms with Crippen molar-refractivity contribution in [3.05, 3.63) is 77.6 Å². The highest BCUT2D eigenvalue weighted by molar-refractivity contribution is 6.08. The molecule has 0 aliphatic carbocycles. The first kappa shape index (κ1) is 27.3. The van der Waals surface area contributed by atoms with Crippen LogP contribution in [0.4, 0.5) is 10.1 Å². The maximum absolute atomic E-state index is 14.4. The van der Waals surface area contributed by atoms with Gasteiger partial charge < -0.3 is 19.5 Å². The van der Waals surface area contributed by atoms with Crippen LogP contribution in [0.2, 0.25) is 0 Å². The van der Waals surface area contributed by atoms with Crippen LogP contribution in [-0.4, -0.2) is 58.6 Å². The van der Waals surface area contributed by atoms with E-state index in [4.69, 9.17) is 14.2 Å². The molecule has 1 fully saturated rings. The Bertz CT molecular complexity index is 1650. The molecule has 1 saturated heterocycles. The summed E-state index contributed by atoms with van der Waals surface area (Å²) in [4.78, 5) is 42.5. The normalized spacial score (nSPS) is 16.4. The predicted molar refractivity (Wildman–Crippen MR) is 149 cm³/mol. The molecule has 11 nitrogen and oxygen atoms in total. The Labute approximate surface area is 240 Å². The molecule has 0 saturated carbocycles. The van der Waals surface area contributed by atoms with Gasteiger partial charge in [0.15, 0.2) is 17.3 Å². The number of hydrogen-bond donors (Lipinski definition) is 1. The fraction of sp³-hybridized carbons (Fsp3) is 0.300. The molecule has 42 heavy (non-hydrogen) atoms. The Hall–Kier alpha value is -4.84. The van der Waals surface area contributed by atoms with Crippen LogP contribution in [0.15, 0.2) is 60.7 Å². The monoisotopic (exact) mass is 573 g/mol. The van der Waals surface area contributed by atoms with Crippen LogP contribution in [0.25, 0.3) is 11.0 Å². The minimum atomic E-state index is -1.28. The largest absolute Gasteiger partial charge is 0.454 e. The summed E-state index contributed by atoms with van der Waals surface area (Å²) in [5.41, 5.74) is 1.83. The number of nitrogens with one attached hydrogen (secondary N) is 1. The number of amides is 2. The van der Waals surface area contributed by atoms with Crippen molar-refractivity contribution in [2.45, 2.75) is 38.5 Å². The minimum Gasteiger partial charge on any atom is -0.454 e. The highest BCUT2D eigenvalue weighted by Gasteiger charge is 2.37. The maximum atomic E-state index is 14.4. The van der Waals surface area contributed by atoms with E-state index in [0.29, 0.717) is 34.7 Å². The molecule has 0 unspecified atom stereocenters. The van der Waals surface area contributed by atoms with Crippen LogP contribution in [0.1, 0.15) is 41.7 Å². The number of aromatic nitrogens is 3. The SMILES string of the molecule is CC(=O)c1cc2c(cc1N(C(=O)Cn1nnc3ccccc31)[C@@H](C(=O)NC[C@H]1CCCO1)c1ccc(F)cc1)OCO2. The number of anilines is 1. The smallest absolute Gasteiger partial charge is 0.249 e. The number of ether oxygens (including phenoxy) is 3. The topological polar surface area (TPSA) is 125 Å². The fourth-order valence-electron chi connectivity index (χ4n) is 5.25. The molecule has 6 rings (SSSR count). The summed E-state index contributed by atoms with van der Waals surface area (Å²) in [7, 11) is 0. The Morgan fingerprint density at radius 2 is 1.86 bits per heavy atom. The standard InChI is InChI=1S/C30H28FN5O6/c1-18(37)22-13-26-27(42-17-41-26)14-25(22)36(28(38)16-35-24-7-3-2-6-23(24)33-34-35)29(19-8-10-20(31)11-9-19)30(39)32-15-21-5-4-12-40-21/h2-3,6-11,13-14,21,29H,4-5,12,15-17H2,1H3,(H,32,39)/t21-,29-/m1/s1. The summed E-state index contributed by atoms with van der Waals surface area (Å²) in [5.74, 6) is -1.28. The van der Waals surface area contributed by atoms with Gasteiger partial charge in [0.25, 0.3) is 0 Å². The second-order valence-corrected chi connectivity index (χ2v) is 10.1. The number of Topliss-reactive ketones (excluding diaryl/α,β-unsaturated/α-hetero) is 1. The van der Waals surface area contributed by atoms with Crippen LogP contribution < -0.4 is 19.7 Å². The molecule has 3 aromatic carbocycles. The molecule has 0 spiro atoms. The van der Waals surface area contributed by atoms with Gasteiger partial charge in [-0.3, -0.25) is 19.3 Å². The van der Waals surface area contributed by atoms with Crippen LogP contribution in [0.3, 0.4) is 0 Å². The van der Waals surface area contributed by atoms with Gasteiger partial charge in [-0.2, -0.15) is 0 Å². The highest BCUT2D eigenvalue weighted by Crippen LogP contribution is 2.41. The van der Waals surface area contributed by atoms with Gasteiger partial charge in [0.2, 0.25) is 18.6 Å². The predicted octanol–water partition coefficient (Wildman–Crippen LogP) is 3.57. The van der Waals surface area contributed by atoms with Gasteiger partial charge in [-0.25, -0.2) is 9.07 Å². The molecule has 216 valence electrons. The average molecular weight is 574 g/mol. The Morgan fingerprint density at radius 3 is 2.60 bits per heavy atom. The summed E-state index contributed by atoms with van der Waals surface area (Å²) in [6.45, 7) is 1.84. The van der Waals surface area contributed by atoms with Gasteiger partial charge in [-0.05, 0) is 55.7 Å². The second-order valence-electron chi connectivity index (χ2n) is 10.1. The van der Waals surface area contributed by atoms with E-state index in [-0.39, 0.29) is 43.0 Å². The van der Waals surface area contributed by atoms with E-state index in [1.807, 2.05) is 6.07 Å². The van der Waals surface area contributed by atoms with Crippen LogP contribution >= 0.6 is 0 Å². The first-order valence-electron chi connectivity index (χ1n) is 13.6. The zero-order valence-corrected chi connectivity index (χ0v) is 22.8. The molecular weight excluding hydrogens is 545 g/mol. The number of ketones is 1. The lowest BCUT2D eigenvalue weighted by molar-refractivity contribution is -0.127. The second kappa shape index (κ2) is 11.6. The molecule has 3 heterocycles. The van der Waals surface area contributed by atoms with Gasteiger partial charge >= 0.3 is 0 Å². The van der Waals surface area contributed by atoms with Gasteiger partial charge in [0, 0.05) is 24.8 Å². The molecule has 0 bridgehead atoms. The van der Waals surface area contributed by atoms with Gasteiger partial charge in [-0.15, -0.1) is 5.10 Å². The molecule has 4 aromatic rings. The average Bonchev–Trinajstić information content (AvgIpc) is 3.76. The van der Waals surface area contributed by atoms with Crippen LogP contribution in [-0.2, 0) is 20.9 Å². The molecule has 2 aliphatic heterocycles. The third-order valence-corrected chi connectivity index (χ3v) is 7.32. The summed E-state index contributed by atoms with van der Waals surface area (Å²) in [5, 5.41) is 11.2. The number of nitrogens with zero attached hydrogens (tertiary/aromatic N) is 4. The van der Waals surface area contributed by atoms with Crippen molar-refractivity contribution in [1.82, 2.24) is 20.3 Å². The van der Waals surface area contributed by atoms with Gasteiger partial charge in [0.1, 0.15) is 23.9 Å². The molecule has 2 aliphatic rings. The third kappa shape index (κ3) is 5.40. The molecule has 2 atom stereocenters. The summed E-state index contributed by atoms with van der Waals surface area (Å²) in [6, 6.07) is 14.2. The van der Waals surface area contributed by atoms with E-state index in [1.165, 1.54) is 52.9 Å². The molecule has 1 N–H and O–H groups in total. The van der Waals surface area contributed by atoms with Crippen molar-refractivity contribution >= 4 is 34.3 Å². The number of rotatable bonds is 9. The lowest BCUT2D eigenvalue weighted by Crippen LogP contribution is -2.47. The Balaban J connectivity index is 1.47. The molecule has 12 heteroatoms. The lowest BCUT2D eigenvalue weighted by Gasteiger charge is -2.33. The number of benzene rings is 3. The van der Waals surface area contributed by atoms with Gasteiger partial charge in [-0.1, -0.05) is 29.5 Å². The van der Waals surface area contributed by atoms with E-state index in [9.17, 15) is 18.8 Å². The quantitative estimate of drug-likeness (QED) is 0.302. The fourth-order valence-corrected chi connectivity index (χ4v) is 5.25. The maximum Gasteiger partial charge on any atom is 0.249 e. The number of carbonyl (C=O) groups excluding carboxylic acids is 3. The van der Waals surface area contributed by atoms with E-state index >= 15 is 0 Å². The number of halogens is 1. The highest BCUT2D eigenvalue weighted by atomic mass is 19.1. The van der Waals surface area contributed by atoms with Crippen molar-refractivity contribution < 1.29 is 33.0 Å². The number of hydrogen-bond acceptors (Lipinski definition) is 8. The Kier molecular flexibility index (Phi) is 7.53. The van der Waals surface area contributed by atoms with Crippen molar-refractivity contribution in [3.8, 4) is 11.5 Å². The molecule has 1 aromatic heterocycles. The van der Waals surface area contributed by atoms with Crippen LogP contribution in [0, 0.1) is 5.82 Å². The van der Waals surface area contributed by atoms with Crippen molar-refractivity contribution in [2.75, 3.05) is 24.8 Å². The molecule has 0 radical (unpaired) electrons. The number of fused-ring (bicyclic) bond motifs is 2. The molecular formula is C30H28FN5O6. The van der Waals surface area contributed by atoms with E-state index < -0.39 is 23.7 Å². The summed E-state index contributed by atoms with van der Waals surface area (Å²) >= 11 is 0. The van der Waals surface area contributed by atoms with Gasteiger partial charge in [0.05, 0.1) is 17.3 Å². The molecule has 2 amide bonds. The first-order chi connectivity index (χ1) is 20.4. The minimum absolute atomic E-state index is 0.0573. The first-order valence-corrected chi connectivity index (χ1v) is 13.6. The van der Waals surface area contributed by atoms with Crippen molar-refractivity contribution in [1.29, 1.82) is 0 Å². The number of para-hydroxylation sites is 1. The van der Waals surface area contributed by atoms with E-state index in [2.05, 4.69) is 15.6 Å². The zero-order chi connectivity index (χ0) is 29.2. The van der Waals surface area contributed by atoms with E-state index in [1.54, 1.807) is 18.2 Å².